The van der Waals surface area contributed by atoms with Crippen molar-refractivity contribution in [3.8, 4) is 5.88 Å². The van der Waals surface area contributed by atoms with E-state index in [1.165, 1.54) is 0 Å². The molecule has 0 aromatic carbocycles. The van der Waals surface area contributed by atoms with Crippen molar-refractivity contribution < 1.29 is 4.74 Å². The maximum atomic E-state index is 5.14. The van der Waals surface area contributed by atoms with Crippen LogP contribution in [0.5, 0.6) is 5.88 Å². The second-order valence-electron chi connectivity index (χ2n) is 2.42. The van der Waals surface area contributed by atoms with Crippen LogP contribution in [0.3, 0.4) is 0 Å². The van der Waals surface area contributed by atoms with Crippen LogP contribution in [0.4, 0.5) is 0 Å². The summed E-state index contributed by atoms with van der Waals surface area (Å²) in [5.41, 5.74) is 2.24. The van der Waals surface area contributed by atoms with E-state index < -0.39 is 0 Å². The van der Waals surface area contributed by atoms with Gasteiger partial charge in [-0.15, -0.1) is 0 Å². The molecule has 2 heterocycles. The van der Waals surface area contributed by atoms with Crippen molar-refractivity contribution in [2.75, 3.05) is 7.11 Å². The highest BCUT2D eigenvalue weighted by Crippen LogP contribution is 2.34. The molecule has 2 rings (SSSR count). The van der Waals surface area contributed by atoms with E-state index in [4.69, 9.17) is 4.74 Å². The molecular formula is C7H7BrN2OS. The van der Waals surface area contributed by atoms with Gasteiger partial charge in [-0.2, -0.15) is 16.7 Å². The van der Waals surface area contributed by atoms with Gasteiger partial charge in [-0.1, -0.05) is 0 Å². The topological polar surface area (TPSA) is 35.0 Å². The molecule has 0 fully saturated rings. The molecule has 0 N–H and O–H groups in total. The Morgan fingerprint density at radius 1 is 1.42 bits per heavy atom. The molecule has 0 spiro atoms. The second-order valence-corrected chi connectivity index (χ2v) is 4.11. The smallest absolute Gasteiger partial charge is 0.221 e. The largest absolute Gasteiger partial charge is 0.481 e. The fraction of sp³-hybridized carbons (Fsp3) is 0.429. The zero-order valence-electron chi connectivity index (χ0n) is 6.50. The Kier molecular flexibility index (Phi) is 2.23. The van der Waals surface area contributed by atoms with Crippen LogP contribution in [0, 0.1) is 0 Å². The summed E-state index contributed by atoms with van der Waals surface area (Å²) in [7, 11) is 1.64. The van der Waals surface area contributed by atoms with Crippen LogP contribution in [0.1, 0.15) is 11.3 Å². The summed E-state index contributed by atoms with van der Waals surface area (Å²) in [6, 6.07) is 0. The highest BCUT2D eigenvalue weighted by atomic mass is 79.9. The number of thioether (sulfide) groups is 1. The van der Waals surface area contributed by atoms with Gasteiger partial charge in [0, 0.05) is 17.1 Å². The van der Waals surface area contributed by atoms with Gasteiger partial charge in [0.25, 0.3) is 0 Å². The molecule has 64 valence electrons. The molecule has 0 saturated carbocycles. The highest BCUT2D eigenvalue weighted by molar-refractivity contribution is 9.10. The molecule has 1 aliphatic rings. The first kappa shape index (κ1) is 8.31. The van der Waals surface area contributed by atoms with Crippen molar-refractivity contribution in [2.45, 2.75) is 11.5 Å². The van der Waals surface area contributed by atoms with Crippen LogP contribution in [-0.4, -0.2) is 17.1 Å². The minimum absolute atomic E-state index is 0.612. The predicted octanol–water partition coefficient (Wildman–Crippen LogP) is 1.99. The summed E-state index contributed by atoms with van der Waals surface area (Å²) >= 11 is 5.08. The van der Waals surface area contributed by atoms with Crippen molar-refractivity contribution in [1.82, 2.24) is 9.97 Å². The minimum atomic E-state index is 0.612. The van der Waals surface area contributed by atoms with E-state index in [0.29, 0.717) is 10.6 Å². The third-order valence-corrected chi connectivity index (χ3v) is 3.03. The van der Waals surface area contributed by atoms with E-state index in [-0.39, 0.29) is 0 Å². The van der Waals surface area contributed by atoms with Gasteiger partial charge >= 0.3 is 0 Å². The summed E-state index contributed by atoms with van der Waals surface area (Å²) in [6.07, 6.45) is 0. The number of rotatable bonds is 1. The molecule has 0 radical (unpaired) electrons. The van der Waals surface area contributed by atoms with Crippen LogP contribution < -0.4 is 4.74 Å². The lowest BCUT2D eigenvalue weighted by molar-refractivity contribution is 0.391. The average Bonchev–Trinajstić information content (AvgIpc) is 2.50. The Balaban J connectivity index is 2.55. The van der Waals surface area contributed by atoms with E-state index in [1.807, 2.05) is 11.8 Å². The molecule has 1 aromatic rings. The van der Waals surface area contributed by atoms with Crippen molar-refractivity contribution in [1.29, 1.82) is 0 Å². The molecule has 12 heavy (non-hydrogen) atoms. The van der Waals surface area contributed by atoms with Crippen molar-refractivity contribution in [3.63, 3.8) is 0 Å². The average molecular weight is 247 g/mol. The van der Waals surface area contributed by atoms with Gasteiger partial charge in [-0.05, 0) is 15.9 Å². The Morgan fingerprint density at radius 2 is 2.25 bits per heavy atom. The first-order chi connectivity index (χ1) is 5.81. The molecule has 0 unspecified atom stereocenters. The highest BCUT2D eigenvalue weighted by Gasteiger charge is 2.19. The molecule has 0 bridgehead atoms. The zero-order valence-corrected chi connectivity index (χ0v) is 8.91. The molecule has 3 nitrogen and oxygen atoms in total. The Morgan fingerprint density at radius 3 is 3.00 bits per heavy atom. The van der Waals surface area contributed by atoms with E-state index in [0.717, 1.165) is 22.8 Å². The molecular weight excluding hydrogens is 240 g/mol. The summed E-state index contributed by atoms with van der Waals surface area (Å²) < 4.78 is 5.76. The van der Waals surface area contributed by atoms with Gasteiger partial charge in [0.05, 0.1) is 12.8 Å². The molecule has 0 aliphatic carbocycles. The lowest BCUT2D eigenvalue weighted by Crippen LogP contribution is -1.98. The summed E-state index contributed by atoms with van der Waals surface area (Å²) in [4.78, 5) is 8.40. The lowest BCUT2D eigenvalue weighted by Gasteiger charge is -2.04. The predicted molar refractivity (Wildman–Crippen MR) is 51.3 cm³/mol. The van der Waals surface area contributed by atoms with Gasteiger partial charge in [0.1, 0.15) is 0 Å². The van der Waals surface area contributed by atoms with Gasteiger partial charge < -0.3 is 4.74 Å². The number of aromatic nitrogens is 2. The number of halogens is 1. The molecule has 1 aromatic heterocycles. The molecule has 0 atom stereocenters. The number of ether oxygens (including phenoxy) is 1. The maximum Gasteiger partial charge on any atom is 0.221 e. The van der Waals surface area contributed by atoms with Crippen LogP contribution in [0.2, 0.25) is 0 Å². The normalized spacial score (nSPS) is 14.5. The SMILES string of the molecule is COc1nc(Br)nc2c1CSC2. The van der Waals surface area contributed by atoms with Crippen LogP contribution in [0.15, 0.2) is 4.73 Å². The Labute approximate surface area is 83.1 Å². The van der Waals surface area contributed by atoms with Gasteiger partial charge in [0.15, 0.2) is 4.73 Å². The van der Waals surface area contributed by atoms with Crippen molar-refractivity contribution in [3.05, 3.63) is 16.0 Å². The zero-order chi connectivity index (χ0) is 8.55. The summed E-state index contributed by atoms with van der Waals surface area (Å²) in [5.74, 6) is 2.63. The van der Waals surface area contributed by atoms with E-state index in [9.17, 15) is 0 Å². The summed E-state index contributed by atoms with van der Waals surface area (Å²) in [5, 5.41) is 0. The molecule has 0 saturated heterocycles. The van der Waals surface area contributed by atoms with Crippen molar-refractivity contribution in [2.24, 2.45) is 0 Å². The van der Waals surface area contributed by atoms with E-state index in [2.05, 4.69) is 25.9 Å². The van der Waals surface area contributed by atoms with Crippen LogP contribution in [-0.2, 0) is 11.5 Å². The Hall–Kier alpha value is -0.290. The number of nitrogens with zero attached hydrogens (tertiary/aromatic N) is 2. The molecule has 0 amide bonds. The van der Waals surface area contributed by atoms with Crippen LogP contribution in [0.25, 0.3) is 0 Å². The second kappa shape index (κ2) is 3.22. The summed E-state index contributed by atoms with van der Waals surface area (Å²) in [6.45, 7) is 0. The van der Waals surface area contributed by atoms with Crippen LogP contribution >= 0.6 is 27.7 Å². The third-order valence-electron chi connectivity index (χ3n) is 1.71. The fourth-order valence-electron chi connectivity index (χ4n) is 1.16. The standard InChI is InChI=1S/C7H7BrN2OS/c1-11-6-4-2-12-3-5(4)9-7(8)10-6/h2-3H2,1H3. The molecule has 5 heteroatoms. The fourth-order valence-corrected chi connectivity index (χ4v) is 2.57. The first-order valence-corrected chi connectivity index (χ1v) is 5.43. The molecule has 1 aliphatic heterocycles. The third kappa shape index (κ3) is 1.31. The van der Waals surface area contributed by atoms with Gasteiger partial charge in [-0.25, -0.2) is 4.98 Å². The number of hydrogen-bond donors (Lipinski definition) is 0. The van der Waals surface area contributed by atoms with Gasteiger partial charge in [-0.3, -0.25) is 0 Å². The first-order valence-electron chi connectivity index (χ1n) is 3.48. The number of hydrogen-bond acceptors (Lipinski definition) is 4. The maximum absolute atomic E-state index is 5.14. The van der Waals surface area contributed by atoms with Crippen molar-refractivity contribution >= 4 is 27.7 Å². The number of methoxy groups -OCH3 is 1. The Bertz CT molecular complexity index is 319. The van der Waals surface area contributed by atoms with Gasteiger partial charge in [0.2, 0.25) is 5.88 Å². The lowest BCUT2D eigenvalue weighted by atomic mass is 10.3. The monoisotopic (exact) mass is 246 g/mol. The van der Waals surface area contributed by atoms with E-state index >= 15 is 0 Å². The van der Waals surface area contributed by atoms with E-state index in [1.54, 1.807) is 7.11 Å². The quantitative estimate of drug-likeness (QED) is 0.711. The minimum Gasteiger partial charge on any atom is -0.481 e. The number of fused-ring (bicyclic) bond motifs is 1.